The maximum absolute atomic E-state index is 11.8. The molecule has 1 aromatic rings. The zero-order chi connectivity index (χ0) is 15.0. The molecular formula is C15H18O5. The maximum atomic E-state index is 11.8. The van der Waals surface area contributed by atoms with Crippen LogP contribution in [0.3, 0.4) is 0 Å². The lowest BCUT2D eigenvalue weighted by Crippen LogP contribution is -2.14. The summed E-state index contributed by atoms with van der Waals surface area (Å²) in [5.74, 6) is -0.112. The van der Waals surface area contributed by atoms with Gasteiger partial charge in [0, 0.05) is 0 Å². The average molecular weight is 278 g/mol. The molecule has 0 spiro atoms. The third-order valence-electron chi connectivity index (χ3n) is 2.54. The third-order valence-corrected chi connectivity index (χ3v) is 2.54. The molecule has 0 unspecified atom stereocenters. The summed E-state index contributed by atoms with van der Waals surface area (Å²) >= 11 is 0. The van der Waals surface area contributed by atoms with Gasteiger partial charge in [0.2, 0.25) is 0 Å². The number of hydrogen-bond donors (Lipinski definition) is 0. The Labute approximate surface area is 118 Å². The van der Waals surface area contributed by atoms with Crippen LogP contribution in [0.15, 0.2) is 36.9 Å². The Morgan fingerprint density at radius 1 is 1.30 bits per heavy atom. The van der Waals surface area contributed by atoms with Crippen molar-refractivity contribution in [2.45, 2.75) is 25.9 Å². The van der Waals surface area contributed by atoms with Crippen molar-refractivity contribution in [3.05, 3.63) is 42.5 Å². The van der Waals surface area contributed by atoms with Crippen LogP contribution in [0.5, 0.6) is 5.75 Å². The van der Waals surface area contributed by atoms with Crippen molar-refractivity contribution in [2.24, 2.45) is 0 Å². The molecule has 0 amide bonds. The van der Waals surface area contributed by atoms with Gasteiger partial charge in [-0.1, -0.05) is 6.08 Å². The van der Waals surface area contributed by atoms with Gasteiger partial charge in [-0.15, -0.1) is 6.58 Å². The minimum atomic E-state index is -0.807. The summed E-state index contributed by atoms with van der Waals surface area (Å²) in [4.78, 5) is 22.7. The van der Waals surface area contributed by atoms with E-state index in [4.69, 9.17) is 9.47 Å². The van der Waals surface area contributed by atoms with E-state index in [0.29, 0.717) is 11.3 Å². The second-order valence-corrected chi connectivity index (χ2v) is 4.16. The highest BCUT2D eigenvalue weighted by Gasteiger charge is 2.12. The lowest BCUT2D eigenvalue weighted by atomic mass is 10.2. The molecule has 1 atom stereocenters. The molecule has 0 aliphatic heterocycles. The molecule has 0 heterocycles. The maximum Gasteiger partial charge on any atom is 0.513 e. The van der Waals surface area contributed by atoms with E-state index < -0.39 is 12.1 Å². The molecule has 5 nitrogen and oxygen atoms in total. The van der Waals surface area contributed by atoms with E-state index >= 15 is 0 Å². The fourth-order valence-electron chi connectivity index (χ4n) is 1.46. The highest BCUT2D eigenvalue weighted by atomic mass is 16.7. The van der Waals surface area contributed by atoms with E-state index in [1.165, 1.54) is 31.4 Å². The first-order chi connectivity index (χ1) is 9.56. The van der Waals surface area contributed by atoms with Gasteiger partial charge in [0.15, 0.2) is 0 Å². The molecule has 5 heteroatoms. The molecule has 0 bridgehead atoms. The fourth-order valence-corrected chi connectivity index (χ4v) is 1.46. The van der Waals surface area contributed by atoms with E-state index in [2.05, 4.69) is 11.3 Å². The predicted octanol–water partition coefficient (Wildman–Crippen LogP) is 3.34. The molecular weight excluding hydrogens is 260 g/mol. The summed E-state index contributed by atoms with van der Waals surface area (Å²) in [7, 11) is 1.22. The Morgan fingerprint density at radius 2 is 1.95 bits per heavy atom. The SMILES string of the molecule is C=CCC[C@@H](C)OC(=O)c1ccc(OC(=O)OC)cc1. The van der Waals surface area contributed by atoms with Gasteiger partial charge >= 0.3 is 12.1 Å². The molecule has 0 radical (unpaired) electrons. The van der Waals surface area contributed by atoms with Gasteiger partial charge in [-0.05, 0) is 44.0 Å². The van der Waals surface area contributed by atoms with E-state index in [1.54, 1.807) is 6.08 Å². The number of carbonyl (C=O) groups excluding carboxylic acids is 2. The zero-order valence-electron chi connectivity index (χ0n) is 11.6. The molecule has 0 N–H and O–H groups in total. The number of esters is 1. The topological polar surface area (TPSA) is 61.8 Å². The van der Waals surface area contributed by atoms with Crippen LogP contribution in [0.2, 0.25) is 0 Å². The van der Waals surface area contributed by atoms with Crippen LogP contribution in [0.1, 0.15) is 30.1 Å². The van der Waals surface area contributed by atoms with E-state index in [-0.39, 0.29) is 6.10 Å². The molecule has 1 rings (SSSR count). The minimum Gasteiger partial charge on any atom is -0.459 e. The summed E-state index contributed by atoms with van der Waals surface area (Å²) in [6, 6.07) is 6.06. The highest BCUT2D eigenvalue weighted by Crippen LogP contribution is 2.14. The van der Waals surface area contributed by atoms with Crippen molar-refractivity contribution in [2.75, 3.05) is 7.11 Å². The van der Waals surface area contributed by atoms with Gasteiger partial charge in [0.25, 0.3) is 0 Å². The van der Waals surface area contributed by atoms with Gasteiger partial charge in [0.05, 0.1) is 18.8 Å². The highest BCUT2D eigenvalue weighted by molar-refractivity contribution is 5.89. The first kappa shape index (κ1) is 15.8. The van der Waals surface area contributed by atoms with Crippen LogP contribution in [0, 0.1) is 0 Å². The van der Waals surface area contributed by atoms with Crippen LogP contribution in [0.4, 0.5) is 4.79 Å². The van der Waals surface area contributed by atoms with Crippen LogP contribution in [-0.4, -0.2) is 25.3 Å². The largest absolute Gasteiger partial charge is 0.513 e. The van der Waals surface area contributed by atoms with Crippen molar-refractivity contribution in [3.63, 3.8) is 0 Å². The van der Waals surface area contributed by atoms with Gasteiger partial charge in [-0.25, -0.2) is 9.59 Å². The Kier molecular flexibility index (Phi) is 6.29. The predicted molar refractivity (Wildman–Crippen MR) is 73.8 cm³/mol. The van der Waals surface area contributed by atoms with E-state index in [1.807, 2.05) is 6.92 Å². The van der Waals surface area contributed by atoms with E-state index in [9.17, 15) is 9.59 Å². The third kappa shape index (κ3) is 5.14. The summed E-state index contributed by atoms with van der Waals surface area (Å²) in [5, 5.41) is 0. The van der Waals surface area contributed by atoms with Crippen LogP contribution in [-0.2, 0) is 9.47 Å². The van der Waals surface area contributed by atoms with Crippen LogP contribution < -0.4 is 4.74 Å². The monoisotopic (exact) mass is 278 g/mol. The van der Waals surface area contributed by atoms with Crippen molar-refractivity contribution < 1.29 is 23.8 Å². The number of methoxy groups -OCH3 is 1. The van der Waals surface area contributed by atoms with E-state index in [0.717, 1.165) is 12.8 Å². The number of ether oxygens (including phenoxy) is 3. The Hall–Kier alpha value is -2.30. The van der Waals surface area contributed by atoms with Crippen molar-refractivity contribution in [1.82, 2.24) is 0 Å². The zero-order valence-corrected chi connectivity index (χ0v) is 11.6. The Balaban J connectivity index is 2.57. The van der Waals surface area contributed by atoms with Gasteiger partial charge in [0.1, 0.15) is 5.75 Å². The van der Waals surface area contributed by atoms with Crippen molar-refractivity contribution in [3.8, 4) is 5.75 Å². The Bertz CT molecular complexity index is 464. The average Bonchev–Trinajstić information content (AvgIpc) is 2.45. The Morgan fingerprint density at radius 3 is 2.50 bits per heavy atom. The second-order valence-electron chi connectivity index (χ2n) is 4.16. The molecule has 0 fully saturated rings. The number of rotatable bonds is 6. The van der Waals surface area contributed by atoms with Gasteiger partial charge in [-0.2, -0.15) is 0 Å². The molecule has 0 aliphatic carbocycles. The summed E-state index contributed by atoms with van der Waals surface area (Å²) in [6.45, 7) is 5.45. The smallest absolute Gasteiger partial charge is 0.459 e. The van der Waals surface area contributed by atoms with Crippen molar-refractivity contribution >= 4 is 12.1 Å². The molecule has 0 aliphatic rings. The molecule has 0 aromatic heterocycles. The lowest BCUT2D eigenvalue weighted by Gasteiger charge is -2.12. The first-order valence-electron chi connectivity index (χ1n) is 6.24. The number of hydrogen-bond acceptors (Lipinski definition) is 5. The van der Waals surface area contributed by atoms with Crippen LogP contribution >= 0.6 is 0 Å². The lowest BCUT2D eigenvalue weighted by molar-refractivity contribution is 0.0327. The summed E-state index contributed by atoms with van der Waals surface area (Å²) in [5.41, 5.74) is 0.396. The first-order valence-corrected chi connectivity index (χ1v) is 6.24. The molecule has 0 saturated carbocycles. The molecule has 0 saturated heterocycles. The quantitative estimate of drug-likeness (QED) is 0.453. The summed E-state index contributed by atoms with van der Waals surface area (Å²) < 4.78 is 14.4. The number of carbonyl (C=O) groups is 2. The fraction of sp³-hybridized carbons (Fsp3) is 0.333. The molecule has 108 valence electrons. The van der Waals surface area contributed by atoms with Crippen LogP contribution in [0.25, 0.3) is 0 Å². The van der Waals surface area contributed by atoms with Gasteiger partial charge < -0.3 is 14.2 Å². The summed E-state index contributed by atoms with van der Waals surface area (Å²) in [6.07, 6.45) is 2.33. The normalized spacial score (nSPS) is 11.3. The van der Waals surface area contributed by atoms with Gasteiger partial charge in [-0.3, -0.25) is 0 Å². The molecule has 20 heavy (non-hydrogen) atoms. The second kappa shape index (κ2) is 7.99. The van der Waals surface area contributed by atoms with Crippen molar-refractivity contribution in [1.29, 1.82) is 0 Å². The standard InChI is InChI=1S/C15H18O5/c1-4-5-6-11(2)19-14(16)12-7-9-13(10-8-12)20-15(17)18-3/h4,7-11H,1,5-6H2,2-3H3/t11-/m1/s1. The number of benzene rings is 1. The number of allylic oxidation sites excluding steroid dienone is 1. The minimum absolute atomic E-state index is 0.175. The molecule has 1 aromatic carbocycles.